The summed E-state index contributed by atoms with van der Waals surface area (Å²) in [5.41, 5.74) is 1.84. The lowest BCUT2D eigenvalue weighted by atomic mass is 10.2. The molecule has 1 N–H and O–H groups in total. The van der Waals surface area contributed by atoms with Crippen LogP contribution in [0.1, 0.15) is 18.4 Å². The monoisotopic (exact) mass is 303 g/mol. The van der Waals surface area contributed by atoms with Gasteiger partial charge in [0.15, 0.2) is 0 Å². The third kappa shape index (κ3) is 5.48. The Morgan fingerprint density at radius 3 is 2.67 bits per heavy atom. The Morgan fingerprint density at radius 1 is 1.10 bits per heavy atom. The number of anilines is 1. The molecule has 0 spiro atoms. The molecular weight excluding hydrogens is 286 g/mol. The van der Waals surface area contributed by atoms with Gasteiger partial charge in [0.2, 0.25) is 5.91 Å². The average Bonchev–Trinajstić information content (AvgIpc) is 2.52. The van der Waals surface area contributed by atoms with Gasteiger partial charge in [0.25, 0.3) is 0 Å². The number of rotatable bonds is 7. The molecule has 0 aliphatic rings. The summed E-state index contributed by atoms with van der Waals surface area (Å²) in [6, 6.07) is 17.3. The first-order valence-electron chi connectivity index (χ1n) is 6.90. The number of hydrogen-bond donors (Lipinski definition) is 1. The average molecular weight is 304 g/mol. The first kappa shape index (κ1) is 15.4. The Kier molecular flexibility index (Phi) is 6.10. The van der Waals surface area contributed by atoms with Crippen LogP contribution in [-0.2, 0) is 11.4 Å². The second-order valence-electron chi connectivity index (χ2n) is 4.64. The van der Waals surface area contributed by atoms with Crippen LogP contribution in [0, 0.1) is 0 Å². The van der Waals surface area contributed by atoms with Crippen LogP contribution in [-0.4, -0.2) is 11.8 Å². The standard InChI is InChI=1S/C17H18ClNO2/c18-11-5-10-17(20)19-15-8-4-9-16(12-15)21-13-14-6-2-1-3-7-14/h1-4,6-9,12H,5,10-11,13H2,(H,19,20). The Balaban J connectivity index is 1.90. The fraction of sp³-hybridized carbons (Fsp3) is 0.235. The Bertz CT molecular complexity index is 572. The molecule has 2 rings (SSSR count). The van der Waals surface area contributed by atoms with Crippen molar-refractivity contribution in [2.75, 3.05) is 11.2 Å². The van der Waals surface area contributed by atoms with E-state index in [-0.39, 0.29) is 5.91 Å². The van der Waals surface area contributed by atoms with Gasteiger partial charge in [0.05, 0.1) is 0 Å². The predicted octanol–water partition coefficient (Wildman–Crippen LogP) is 4.22. The van der Waals surface area contributed by atoms with Crippen LogP contribution in [0.25, 0.3) is 0 Å². The van der Waals surface area contributed by atoms with Gasteiger partial charge in [-0.25, -0.2) is 0 Å². The molecule has 0 radical (unpaired) electrons. The van der Waals surface area contributed by atoms with Crippen molar-refractivity contribution >= 4 is 23.2 Å². The van der Waals surface area contributed by atoms with Crippen molar-refractivity contribution in [3.63, 3.8) is 0 Å². The SMILES string of the molecule is O=C(CCCCl)Nc1cccc(OCc2ccccc2)c1. The quantitative estimate of drug-likeness (QED) is 0.778. The highest BCUT2D eigenvalue weighted by molar-refractivity contribution is 6.18. The van der Waals surface area contributed by atoms with Crippen molar-refractivity contribution in [3.8, 4) is 5.75 Å². The van der Waals surface area contributed by atoms with Crippen LogP contribution in [0.4, 0.5) is 5.69 Å². The minimum absolute atomic E-state index is 0.0316. The molecule has 0 atom stereocenters. The minimum atomic E-state index is -0.0316. The number of carbonyl (C=O) groups is 1. The van der Waals surface area contributed by atoms with E-state index in [0.717, 1.165) is 17.0 Å². The third-order valence-electron chi connectivity index (χ3n) is 2.90. The molecule has 0 aliphatic carbocycles. The maximum absolute atomic E-state index is 11.7. The van der Waals surface area contributed by atoms with E-state index >= 15 is 0 Å². The largest absolute Gasteiger partial charge is 0.489 e. The number of ether oxygens (including phenoxy) is 1. The molecule has 0 saturated carbocycles. The van der Waals surface area contributed by atoms with Gasteiger partial charge < -0.3 is 10.1 Å². The first-order chi connectivity index (χ1) is 10.3. The summed E-state index contributed by atoms with van der Waals surface area (Å²) >= 11 is 5.57. The number of nitrogens with one attached hydrogen (secondary N) is 1. The van der Waals surface area contributed by atoms with Crippen molar-refractivity contribution in [1.29, 1.82) is 0 Å². The van der Waals surface area contributed by atoms with Gasteiger partial charge in [-0.05, 0) is 24.1 Å². The smallest absolute Gasteiger partial charge is 0.224 e. The summed E-state index contributed by atoms with van der Waals surface area (Å²) in [4.78, 5) is 11.7. The molecule has 0 aliphatic heterocycles. The van der Waals surface area contributed by atoms with Crippen molar-refractivity contribution in [2.24, 2.45) is 0 Å². The van der Waals surface area contributed by atoms with Crippen molar-refractivity contribution < 1.29 is 9.53 Å². The van der Waals surface area contributed by atoms with E-state index in [1.54, 1.807) is 0 Å². The molecule has 110 valence electrons. The molecule has 3 nitrogen and oxygen atoms in total. The van der Waals surface area contributed by atoms with E-state index in [2.05, 4.69) is 5.32 Å². The van der Waals surface area contributed by atoms with E-state index in [1.165, 1.54) is 0 Å². The lowest BCUT2D eigenvalue weighted by Gasteiger charge is -2.09. The van der Waals surface area contributed by atoms with E-state index in [0.29, 0.717) is 25.3 Å². The van der Waals surface area contributed by atoms with E-state index < -0.39 is 0 Å². The zero-order chi connectivity index (χ0) is 14.9. The first-order valence-corrected chi connectivity index (χ1v) is 7.44. The molecule has 0 unspecified atom stereocenters. The second kappa shape index (κ2) is 8.32. The summed E-state index contributed by atoms with van der Waals surface area (Å²) in [5, 5.41) is 2.84. The van der Waals surface area contributed by atoms with E-state index in [9.17, 15) is 4.79 Å². The second-order valence-corrected chi connectivity index (χ2v) is 5.02. The summed E-state index contributed by atoms with van der Waals surface area (Å²) in [6.45, 7) is 0.504. The van der Waals surface area contributed by atoms with Crippen LogP contribution < -0.4 is 10.1 Å². The van der Waals surface area contributed by atoms with Gasteiger partial charge in [0.1, 0.15) is 12.4 Å². The maximum atomic E-state index is 11.7. The van der Waals surface area contributed by atoms with Crippen LogP contribution in [0.5, 0.6) is 5.75 Å². The van der Waals surface area contributed by atoms with Gasteiger partial charge in [-0.2, -0.15) is 0 Å². The number of benzene rings is 2. The van der Waals surface area contributed by atoms with E-state index in [1.807, 2.05) is 54.6 Å². The Hall–Kier alpha value is -2.00. The van der Waals surface area contributed by atoms with Crippen molar-refractivity contribution in [1.82, 2.24) is 0 Å². The van der Waals surface area contributed by atoms with Crippen LogP contribution in [0.15, 0.2) is 54.6 Å². The van der Waals surface area contributed by atoms with Crippen molar-refractivity contribution in [2.45, 2.75) is 19.4 Å². The molecule has 2 aromatic carbocycles. The molecule has 0 heterocycles. The fourth-order valence-electron chi connectivity index (χ4n) is 1.86. The number of hydrogen-bond acceptors (Lipinski definition) is 2. The summed E-state index contributed by atoms with van der Waals surface area (Å²) < 4.78 is 5.72. The molecular formula is C17H18ClNO2. The Labute approximate surface area is 129 Å². The summed E-state index contributed by atoms with van der Waals surface area (Å²) in [6.07, 6.45) is 1.11. The number of alkyl halides is 1. The van der Waals surface area contributed by atoms with Crippen LogP contribution in [0.2, 0.25) is 0 Å². The third-order valence-corrected chi connectivity index (χ3v) is 3.17. The van der Waals surface area contributed by atoms with Crippen LogP contribution in [0.3, 0.4) is 0 Å². The molecule has 21 heavy (non-hydrogen) atoms. The van der Waals surface area contributed by atoms with Gasteiger partial charge in [0, 0.05) is 24.1 Å². The molecule has 0 saturated heterocycles. The zero-order valence-corrected chi connectivity index (χ0v) is 12.5. The lowest BCUT2D eigenvalue weighted by Crippen LogP contribution is -2.11. The highest BCUT2D eigenvalue weighted by Gasteiger charge is 2.03. The van der Waals surface area contributed by atoms with Gasteiger partial charge in [-0.3, -0.25) is 4.79 Å². The molecule has 4 heteroatoms. The predicted molar refractivity (Wildman–Crippen MR) is 85.8 cm³/mol. The molecule has 0 aromatic heterocycles. The van der Waals surface area contributed by atoms with Crippen LogP contribution >= 0.6 is 11.6 Å². The van der Waals surface area contributed by atoms with Gasteiger partial charge in [-0.15, -0.1) is 11.6 Å². The fourth-order valence-corrected chi connectivity index (χ4v) is 1.99. The highest BCUT2D eigenvalue weighted by Crippen LogP contribution is 2.19. The normalized spacial score (nSPS) is 10.1. The summed E-state index contributed by atoms with van der Waals surface area (Å²) in [5.74, 6) is 1.19. The number of carbonyl (C=O) groups excluding carboxylic acids is 1. The minimum Gasteiger partial charge on any atom is -0.489 e. The molecule has 2 aromatic rings. The van der Waals surface area contributed by atoms with Crippen molar-refractivity contribution in [3.05, 3.63) is 60.2 Å². The molecule has 1 amide bonds. The topological polar surface area (TPSA) is 38.3 Å². The Morgan fingerprint density at radius 2 is 1.90 bits per heavy atom. The maximum Gasteiger partial charge on any atom is 0.224 e. The molecule has 0 fully saturated rings. The van der Waals surface area contributed by atoms with Gasteiger partial charge >= 0.3 is 0 Å². The highest BCUT2D eigenvalue weighted by atomic mass is 35.5. The van der Waals surface area contributed by atoms with E-state index in [4.69, 9.17) is 16.3 Å². The lowest BCUT2D eigenvalue weighted by molar-refractivity contribution is -0.116. The molecule has 0 bridgehead atoms. The number of amides is 1. The number of halogens is 1. The van der Waals surface area contributed by atoms with Gasteiger partial charge in [-0.1, -0.05) is 36.4 Å². The zero-order valence-electron chi connectivity index (χ0n) is 11.7. The summed E-state index contributed by atoms with van der Waals surface area (Å²) in [7, 11) is 0.